The first-order chi connectivity index (χ1) is 10.0. The first kappa shape index (κ1) is 18.5. The molecule has 0 amide bonds. The molecule has 0 fully saturated rings. The zero-order chi connectivity index (χ0) is 15.8. The third kappa shape index (κ3) is 5.28. The maximum atomic E-state index is 6.10. The van der Waals surface area contributed by atoms with Gasteiger partial charge in [0.1, 0.15) is 5.75 Å². The van der Waals surface area contributed by atoms with Gasteiger partial charge in [-0.05, 0) is 50.6 Å². The van der Waals surface area contributed by atoms with E-state index in [1.54, 1.807) is 7.11 Å². The number of hydrogen-bond donors (Lipinski definition) is 1. The lowest BCUT2D eigenvalue weighted by molar-refractivity contribution is 0.153. The van der Waals surface area contributed by atoms with E-state index in [1.165, 1.54) is 24.8 Å². The molecule has 1 atom stereocenters. The fourth-order valence-corrected chi connectivity index (χ4v) is 3.17. The van der Waals surface area contributed by atoms with E-state index < -0.39 is 0 Å². The van der Waals surface area contributed by atoms with Gasteiger partial charge in [0.15, 0.2) is 0 Å². The molecular weight excluding hydrogens is 328 g/mol. The van der Waals surface area contributed by atoms with E-state index in [-0.39, 0.29) is 6.04 Å². The van der Waals surface area contributed by atoms with Crippen molar-refractivity contribution in [2.24, 2.45) is 5.73 Å². The Labute approximate surface area is 138 Å². The number of rotatable bonds is 9. The molecule has 1 aromatic rings. The molecule has 0 spiro atoms. The highest BCUT2D eigenvalue weighted by molar-refractivity contribution is 9.10. The minimum atomic E-state index is 0.214. The van der Waals surface area contributed by atoms with Crippen LogP contribution in [0.5, 0.6) is 5.75 Å². The van der Waals surface area contributed by atoms with Crippen LogP contribution in [0.1, 0.15) is 51.6 Å². The number of halogens is 1. The SMILES string of the molecule is CCCCCN(C(C)C)C(CN)c1cc(OC)ccc1Br. The maximum Gasteiger partial charge on any atom is 0.119 e. The fourth-order valence-electron chi connectivity index (χ4n) is 2.66. The third-order valence-corrected chi connectivity index (χ3v) is 4.59. The van der Waals surface area contributed by atoms with Crippen LogP contribution in [0, 0.1) is 0 Å². The Morgan fingerprint density at radius 1 is 1.29 bits per heavy atom. The molecule has 0 saturated heterocycles. The van der Waals surface area contributed by atoms with Gasteiger partial charge in [0, 0.05) is 23.1 Å². The van der Waals surface area contributed by atoms with Gasteiger partial charge in [-0.2, -0.15) is 0 Å². The summed E-state index contributed by atoms with van der Waals surface area (Å²) in [5.41, 5.74) is 7.32. The lowest BCUT2D eigenvalue weighted by Crippen LogP contribution is -2.39. The number of nitrogens with zero attached hydrogens (tertiary/aromatic N) is 1. The van der Waals surface area contributed by atoms with Crippen LogP contribution in [-0.2, 0) is 0 Å². The molecule has 2 N–H and O–H groups in total. The highest BCUT2D eigenvalue weighted by Gasteiger charge is 2.23. The van der Waals surface area contributed by atoms with Crippen molar-refractivity contribution in [3.63, 3.8) is 0 Å². The van der Waals surface area contributed by atoms with Crippen molar-refractivity contribution in [3.05, 3.63) is 28.2 Å². The molecule has 1 rings (SSSR count). The first-order valence-corrected chi connectivity index (χ1v) is 8.63. The van der Waals surface area contributed by atoms with Gasteiger partial charge in [-0.3, -0.25) is 4.90 Å². The molecule has 0 aromatic heterocycles. The molecule has 0 saturated carbocycles. The van der Waals surface area contributed by atoms with E-state index in [0.29, 0.717) is 12.6 Å². The van der Waals surface area contributed by atoms with Crippen LogP contribution in [0.25, 0.3) is 0 Å². The number of methoxy groups -OCH3 is 1. The van der Waals surface area contributed by atoms with Gasteiger partial charge in [-0.15, -0.1) is 0 Å². The van der Waals surface area contributed by atoms with Crippen LogP contribution < -0.4 is 10.5 Å². The van der Waals surface area contributed by atoms with Gasteiger partial charge in [0.25, 0.3) is 0 Å². The molecule has 1 unspecified atom stereocenters. The second kappa shape index (κ2) is 9.44. The standard InChI is InChI=1S/C17H29BrN2O/c1-5-6-7-10-20(13(2)3)17(12-19)15-11-14(21-4)8-9-16(15)18/h8-9,11,13,17H,5-7,10,12,19H2,1-4H3. The lowest BCUT2D eigenvalue weighted by Gasteiger charge is -2.35. The smallest absolute Gasteiger partial charge is 0.119 e. The van der Waals surface area contributed by atoms with Crippen LogP contribution in [0.15, 0.2) is 22.7 Å². The minimum Gasteiger partial charge on any atom is -0.497 e. The van der Waals surface area contributed by atoms with Crippen LogP contribution in [0.3, 0.4) is 0 Å². The molecule has 21 heavy (non-hydrogen) atoms. The Balaban J connectivity index is 3.01. The first-order valence-electron chi connectivity index (χ1n) is 7.84. The summed E-state index contributed by atoms with van der Waals surface area (Å²) < 4.78 is 6.46. The van der Waals surface area contributed by atoms with Gasteiger partial charge in [0.05, 0.1) is 7.11 Å². The van der Waals surface area contributed by atoms with E-state index in [0.717, 1.165) is 16.8 Å². The molecule has 120 valence electrons. The van der Waals surface area contributed by atoms with Gasteiger partial charge in [-0.1, -0.05) is 35.7 Å². The average molecular weight is 357 g/mol. The summed E-state index contributed by atoms with van der Waals surface area (Å²) >= 11 is 3.66. The van der Waals surface area contributed by atoms with E-state index in [9.17, 15) is 0 Å². The van der Waals surface area contributed by atoms with Crippen molar-refractivity contribution < 1.29 is 4.74 Å². The van der Waals surface area contributed by atoms with Crippen LogP contribution >= 0.6 is 15.9 Å². The molecule has 0 aliphatic carbocycles. The molecule has 0 heterocycles. The van der Waals surface area contributed by atoms with Gasteiger partial charge >= 0.3 is 0 Å². The molecular formula is C17H29BrN2O. The van der Waals surface area contributed by atoms with E-state index >= 15 is 0 Å². The Morgan fingerprint density at radius 2 is 2.00 bits per heavy atom. The normalized spacial score (nSPS) is 13.0. The molecule has 0 aliphatic heterocycles. The second-order valence-electron chi connectivity index (χ2n) is 5.68. The summed E-state index contributed by atoms with van der Waals surface area (Å²) in [5, 5.41) is 0. The van der Waals surface area contributed by atoms with Crippen LogP contribution in [0.4, 0.5) is 0 Å². The highest BCUT2D eigenvalue weighted by Crippen LogP contribution is 2.32. The maximum absolute atomic E-state index is 6.10. The summed E-state index contributed by atoms with van der Waals surface area (Å²) in [7, 11) is 1.70. The summed E-state index contributed by atoms with van der Waals surface area (Å²) in [6.07, 6.45) is 3.72. The summed E-state index contributed by atoms with van der Waals surface area (Å²) in [6, 6.07) is 6.79. The molecule has 1 aromatic carbocycles. The largest absolute Gasteiger partial charge is 0.497 e. The van der Waals surface area contributed by atoms with Crippen molar-refractivity contribution >= 4 is 15.9 Å². The minimum absolute atomic E-state index is 0.214. The highest BCUT2D eigenvalue weighted by atomic mass is 79.9. The number of ether oxygens (including phenoxy) is 1. The number of benzene rings is 1. The quantitative estimate of drug-likeness (QED) is 0.668. The van der Waals surface area contributed by atoms with Gasteiger partial charge in [-0.25, -0.2) is 0 Å². The summed E-state index contributed by atoms with van der Waals surface area (Å²) in [5.74, 6) is 0.879. The lowest BCUT2D eigenvalue weighted by atomic mass is 10.0. The van der Waals surface area contributed by atoms with E-state index in [2.05, 4.69) is 47.7 Å². The van der Waals surface area contributed by atoms with Gasteiger partial charge in [0.2, 0.25) is 0 Å². The van der Waals surface area contributed by atoms with Gasteiger partial charge < -0.3 is 10.5 Å². The average Bonchev–Trinajstić information content (AvgIpc) is 2.47. The fraction of sp³-hybridized carbons (Fsp3) is 0.647. The predicted octanol–water partition coefficient (Wildman–Crippen LogP) is 4.36. The van der Waals surface area contributed by atoms with E-state index in [1.807, 2.05) is 12.1 Å². The zero-order valence-electron chi connectivity index (χ0n) is 13.7. The zero-order valence-corrected chi connectivity index (χ0v) is 15.3. The Bertz CT molecular complexity index is 423. The summed E-state index contributed by atoms with van der Waals surface area (Å²) in [6.45, 7) is 8.40. The topological polar surface area (TPSA) is 38.5 Å². The second-order valence-corrected chi connectivity index (χ2v) is 6.53. The molecule has 0 radical (unpaired) electrons. The van der Waals surface area contributed by atoms with Crippen molar-refractivity contribution in [3.8, 4) is 5.75 Å². The van der Waals surface area contributed by atoms with Crippen molar-refractivity contribution in [1.29, 1.82) is 0 Å². The van der Waals surface area contributed by atoms with Crippen LogP contribution in [-0.4, -0.2) is 31.1 Å². The molecule has 0 bridgehead atoms. The van der Waals surface area contributed by atoms with Crippen molar-refractivity contribution in [2.45, 2.75) is 52.1 Å². The number of hydrogen-bond acceptors (Lipinski definition) is 3. The van der Waals surface area contributed by atoms with E-state index in [4.69, 9.17) is 10.5 Å². The van der Waals surface area contributed by atoms with Crippen molar-refractivity contribution in [1.82, 2.24) is 4.90 Å². The number of unbranched alkanes of at least 4 members (excludes halogenated alkanes) is 2. The molecule has 0 aliphatic rings. The Kier molecular flexibility index (Phi) is 8.30. The Morgan fingerprint density at radius 3 is 2.52 bits per heavy atom. The molecule has 4 heteroatoms. The molecule has 3 nitrogen and oxygen atoms in total. The monoisotopic (exact) mass is 356 g/mol. The summed E-state index contributed by atoms with van der Waals surface area (Å²) in [4.78, 5) is 2.50. The van der Waals surface area contributed by atoms with Crippen molar-refractivity contribution in [2.75, 3.05) is 20.2 Å². The van der Waals surface area contributed by atoms with Crippen LogP contribution in [0.2, 0.25) is 0 Å². The third-order valence-electron chi connectivity index (χ3n) is 3.87. The number of nitrogens with two attached hydrogens (primary N) is 1. The Hall–Kier alpha value is -0.580. The predicted molar refractivity (Wildman–Crippen MR) is 93.9 cm³/mol.